The molecule has 2 saturated heterocycles. The van der Waals surface area contributed by atoms with Crippen LogP contribution in [0.15, 0.2) is 42.9 Å². The first kappa shape index (κ1) is 20.2. The van der Waals surface area contributed by atoms with Crippen molar-refractivity contribution in [3.05, 3.63) is 65.4 Å². The Balaban J connectivity index is 1.53. The summed E-state index contributed by atoms with van der Waals surface area (Å²) in [4.78, 5) is 27.3. The smallest absolute Gasteiger partial charge is 0.274 e. The van der Waals surface area contributed by atoms with Crippen LogP contribution in [0.25, 0.3) is 5.65 Å². The highest BCUT2D eigenvalue weighted by Gasteiger charge is 2.30. The Hall–Kier alpha value is -2.73. The standard InChI is InChI=1S/C25H31N5O/c1-19-9-8-16-30-22(23(27-24(19)30)25(31)28-13-4-2-5-14-28)18-29-15-6-3-11-21(29)20-10-7-12-26-17-20/h7-10,12,16-17,21H,2-6,11,13-15,18H2,1H3. The van der Waals surface area contributed by atoms with E-state index in [0.29, 0.717) is 11.7 Å². The van der Waals surface area contributed by atoms with E-state index in [0.717, 1.165) is 62.3 Å². The van der Waals surface area contributed by atoms with Crippen LogP contribution in [0.4, 0.5) is 0 Å². The minimum Gasteiger partial charge on any atom is -0.337 e. The molecule has 3 aromatic rings. The maximum absolute atomic E-state index is 13.5. The summed E-state index contributed by atoms with van der Waals surface area (Å²) in [5.41, 5.74) is 4.91. The first-order valence-corrected chi connectivity index (χ1v) is 11.6. The zero-order valence-electron chi connectivity index (χ0n) is 18.3. The van der Waals surface area contributed by atoms with Crippen molar-refractivity contribution < 1.29 is 4.79 Å². The summed E-state index contributed by atoms with van der Waals surface area (Å²) in [5.74, 6) is 0.0905. The van der Waals surface area contributed by atoms with Crippen molar-refractivity contribution in [2.24, 2.45) is 0 Å². The zero-order chi connectivity index (χ0) is 21.2. The second-order valence-corrected chi connectivity index (χ2v) is 8.91. The van der Waals surface area contributed by atoms with Crippen molar-refractivity contribution in [2.75, 3.05) is 19.6 Å². The molecule has 1 atom stereocenters. The second-order valence-electron chi connectivity index (χ2n) is 8.91. The Morgan fingerprint density at radius 1 is 1.06 bits per heavy atom. The van der Waals surface area contributed by atoms with Gasteiger partial charge >= 0.3 is 0 Å². The third-order valence-corrected chi connectivity index (χ3v) is 6.83. The van der Waals surface area contributed by atoms with E-state index in [4.69, 9.17) is 4.98 Å². The van der Waals surface area contributed by atoms with Gasteiger partial charge in [-0.15, -0.1) is 0 Å². The van der Waals surface area contributed by atoms with Crippen LogP contribution in [0.2, 0.25) is 0 Å². The number of carbonyl (C=O) groups is 1. The van der Waals surface area contributed by atoms with E-state index < -0.39 is 0 Å². The topological polar surface area (TPSA) is 53.7 Å². The molecule has 2 aliphatic rings. The third-order valence-electron chi connectivity index (χ3n) is 6.83. The van der Waals surface area contributed by atoms with E-state index in [1.807, 2.05) is 23.4 Å². The minimum atomic E-state index is 0.0905. The van der Waals surface area contributed by atoms with Crippen LogP contribution in [0.5, 0.6) is 0 Å². The van der Waals surface area contributed by atoms with Gasteiger partial charge in [-0.25, -0.2) is 4.98 Å². The van der Waals surface area contributed by atoms with Gasteiger partial charge in [-0.05, 0) is 68.8 Å². The summed E-state index contributed by atoms with van der Waals surface area (Å²) in [6.07, 6.45) is 12.8. The van der Waals surface area contributed by atoms with E-state index in [1.165, 1.54) is 24.8 Å². The normalized spacial score (nSPS) is 20.3. The molecule has 0 aliphatic carbocycles. The Morgan fingerprint density at radius 3 is 2.71 bits per heavy atom. The lowest BCUT2D eigenvalue weighted by molar-refractivity contribution is 0.0714. The molecule has 0 bridgehead atoms. The van der Waals surface area contributed by atoms with Gasteiger partial charge in [0, 0.05) is 44.3 Å². The Kier molecular flexibility index (Phi) is 5.72. The average molecular weight is 418 g/mol. The number of rotatable bonds is 4. The van der Waals surface area contributed by atoms with Gasteiger partial charge in [0.25, 0.3) is 5.91 Å². The van der Waals surface area contributed by atoms with Crippen LogP contribution in [0, 0.1) is 6.92 Å². The molecule has 6 nitrogen and oxygen atoms in total. The van der Waals surface area contributed by atoms with Crippen LogP contribution in [-0.2, 0) is 6.54 Å². The summed E-state index contributed by atoms with van der Waals surface area (Å²) in [6, 6.07) is 8.65. The molecule has 5 heterocycles. The van der Waals surface area contributed by atoms with Gasteiger partial charge in [-0.3, -0.25) is 14.7 Å². The molecule has 162 valence electrons. The minimum absolute atomic E-state index is 0.0905. The third kappa shape index (κ3) is 3.97. The quantitative estimate of drug-likeness (QED) is 0.632. The highest BCUT2D eigenvalue weighted by atomic mass is 16.2. The van der Waals surface area contributed by atoms with Crippen LogP contribution >= 0.6 is 0 Å². The molecule has 6 heteroatoms. The van der Waals surface area contributed by atoms with E-state index in [-0.39, 0.29) is 5.91 Å². The summed E-state index contributed by atoms with van der Waals surface area (Å²) in [7, 11) is 0. The molecule has 0 N–H and O–H groups in total. The summed E-state index contributed by atoms with van der Waals surface area (Å²) in [6.45, 7) is 5.50. The molecular formula is C25H31N5O. The molecule has 3 aromatic heterocycles. The maximum atomic E-state index is 13.5. The fraction of sp³-hybridized carbons (Fsp3) is 0.480. The fourth-order valence-corrected chi connectivity index (χ4v) is 5.15. The molecule has 2 fully saturated rings. The largest absolute Gasteiger partial charge is 0.337 e. The Morgan fingerprint density at radius 2 is 1.90 bits per heavy atom. The number of carbonyl (C=O) groups excluding carboxylic acids is 1. The van der Waals surface area contributed by atoms with Crippen LogP contribution < -0.4 is 0 Å². The summed E-state index contributed by atoms with van der Waals surface area (Å²) >= 11 is 0. The monoisotopic (exact) mass is 417 g/mol. The number of nitrogens with zero attached hydrogens (tertiary/aromatic N) is 5. The van der Waals surface area contributed by atoms with Crippen molar-refractivity contribution in [1.82, 2.24) is 24.2 Å². The molecule has 31 heavy (non-hydrogen) atoms. The number of hydrogen-bond donors (Lipinski definition) is 0. The highest BCUT2D eigenvalue weighted by molar-refractivity contribution is 5.94. The number of hydrogen-bond acceptors (Lipinski definition) is 4. The molecule has 0 spiro atoms. The van der Waals surface area contributed by atoms with E-state index in [9.17, 15) is 4.79 Å². The lowest BCUT2D eigenvalue weighted by Gasteiger charge is -2.36. The van der Waals surface area contributed by atoms with Crippen LogP contribution in [-0.4, -0.2) is 49.7 Å². The zero-order valence-corrected chi connectivity index (χ0v) is 18.3. The first-order valence-electron chi connectivity index (χ1n) is 11.6. The van der Waals surface area contributed by atoms with Gasteiger partial charge in [0.05, 0.1) is 5.69 Å². The predicted molar refractivity (Wildman–Crippen MR) is 121 cm³/mol. The van der Waals surface area contributed by atoms with Crippen LogP contribution in [0.3, 0.4) is 0 Å². The number of fused-ring (bicyclic) bond motifs is 1. The van der Waals surface area contributed by atoms with Gasteiger partial charge in [0.1, 0.15) is 5.65 Å². The summed E-state index contributed by atoms with van der Waals surface area (Å²) < 4.78 is 2.14. The first-order chi connectivity index (χ1) is 15.2. The molecule has 2 aliphatic heterocycles. The van der Waals surface area contributed by atoms with E-state index in [2.05, 4.69) is 45.6 Å². The Bertz CT molecular complexity index is 1050. The van der Waals surface area contributed by atoms with Crippen molar-refractivity contribution in [3.63, 3.8) is 0 Å². The molecule has 0 radical (unpaired) electrons. The SMILES string of the molecule is Cc1cccn2c(CN3CCCCC3c3cccnc3)c(C(=O)N3CCCCC3)nc12. The number of pyridine rings is 2. The van der Waals surface area contributed by atoms with E-state index >= 15 is 0 Å². The number of aryl methyl sites for hydroxylation is 1. The lowest BCUT2D eigenvalue weighted by atomic mass is 9.96. The highest BCUT2D eigenvalue weighted by Crippen LogP contribution is 2.33. The molecule has 1 amide bonds. The van der Waals surface area contributed by atoms with Crippen molar-refractivity contribution in [1.29, 1.82) is 0 Å². The lowest BCUT2D eigenvalue weighted by Crippen LogP contribution is -2.37. The number of likely N-dealkylation sites (tertiary alicyclic amines) is 2. The predicted octanol–water partition coefficient (Wildman–Crippen LogP) is 4.39. The molecular weight excluding hydrogens is 386 g/mol. The second kappa shape index (κ2) is 8.79. The fourth-order valence-electron chi connectivity index (χ4n) is 5.15. The van der Waals surface area contributed by atoms with Gasteiger partial charge in [-0.1, -0.05) is 18.6 Å². The molecule has 1 unspecified atom stereocenters. The van der Waals surface area contributed by atoms with Gasteiger partial charge < -0.3 is 9.30 Å². The van der Waals surface area contributed by atoms with Gasteiger partial charge in [0.2, 0.25) is 0 Å². The molecule has 0 saturated carbocycles. The van der Waals surface area contributed by atoms with Crippen molar-refractivity contribution in [3.8, 4) is 0 Å². The molecule has 5 rings (SSSR count). The van der Waals surface area contributed by atoms with Crippen molar-refractivity contribution >= 4 is 11.6 Å². The summed E-state index contributed by atoms with van der Waals surface area (Å²) in [5, 5.41) is 0. The number of piperidine rings is 2. The molecule has 0 aromatic carbocycles. The van der Waals surface area contributed by atoms with Crippen LogP contribution in [0.1, 0.15) is 71.9 Å². The number of imidazole rings is 1. The number of aromatic nitrogens is 3. The van der Waals surface area contributed by atoms with E-state index in [1.54, 1.807) is 0 Å². The Labute approximate surface area is 183 Å². The van der Waals surface area contributed by atoms with Gasteiger partial charge in [0.15, 0.2) is 5.69 Å². The maximum Gasteiger partial charge on any atom is 0.274 e. The average Bonchev–Trinajstić information content (AvgIpc) is 3.20. The van der Waals surface area contributed by atoms with Crippen molar-refractivity contribution in [2.45, 2.75) is 58.0 Å². The number of amides is 1. The van der Waals surface area contributed by atoms with Gasteiger partial charge in [-0.2, -0.15) is 0 Å².